The predicted octanol–water partition coefficient (Wildman–Crippen LogP) is -0.233. The molecule has 0 atom stereocenters. The monoisotopic (exact) mass is 308 g/mol. The van der Waals surface area contributed by atoms with Crippen molar-refractivity contribution in [3.05, 3.63) is 0 Å². The van der Waals surface area contributed by atoms with Crippen LogP contribution in [0, 0.1) is 0 Å². The van der Waals surface area contributed by atoms with E-state index in [-0.39, 0.29) is 0 Å². The van der Waals surface area contributed by atoms with Crippen LogP contribution in [0.2, 0.25) is 0 Å². The van der Waals surface area contributed by atoms with Gasteiger partial charge in [-0.1, -0.05) is 0 Å². The molecule has 0 fully saturated rings. The molecule has 0 radical (unpaired) electrons. The van der Waals surface area contributed by atoms with Gasteiger partial charge in [0.1, 0.15) is 0 Å². The third-order valence-corrected chi connectivity index (χ3v) is 2.47. The lowest BCUT2D eigenvalue weighted by atomic mass is 10.5. The zero-order valence-corrected chi connectivity index (χ0v) is 13.1. The van der Waals surface area contributed by atoms with Crippen LogP contribution in [0.3, 0.4) is 0 Å². The summed E-state index contributed by atoms with van der Waals surface area (Å²) in [6, 6.07) is 0. The van der Waals surface area contributed by atoms with E-state index in [4.69, 9.17) is 35.2 Å². The van der Waals surface area contributed by atoms with Crippen LogP contribution in [-0.2, 0) is 23.7 Å². The van der Waals surface area contributed by atoms with Gasteiger partial charge in [0.05, 0.1) is 52.9 Å². The minimum atomic E-state index is 0.569. The van der Waals surface area contributed by atoms with E-state index in [1.807, 2.05) is 0 Å². The summed E-state index contributed by atoms with van der Waals surface area (Å²) in [5.74, 6) is 0. The first kappa shape index (κ1) is 20.7. The van der Waals surface area contributed by atoms with Gasteiger partial charge in [0.2, 0.25) is 0 Å². The molecule has 0 aliphatic rings. The van der Waals surface area contributed by atoms with E-state index in [0.717, 1.165) is 12.8 Å². The molecule has 128 valence electrons. The topological polar surface area (TPSA) is 98.2 Å². The van der Waals surface area contributed by atoms with Crippen LogP contribution in [0.25, 0.3) is 0 Å². The van der Waals surface area contributed by atoms with E-state index in [0.29, 0.717) is 79.2 Å². The normalized spacial score (nSPS) is 11.1. The highest BCUT2D eigenvalue weighted by molar-refractivity contribution is 4.38. The van der Waals surface area contributed by atoms with Crippen molar-refractivity contribution in [2.45, 2.75) is 12.8 Å². The second-order valence-electron chi connectivity index (χ2n) is 4.35. The average Bonchev–Trinajstić information content (AvgIpc) is 2.50. The van der Waals surface area contributed by atoms with Crippen molar-refractivity contribution in [2.24, 2.45) is 11.5 Å². The van der Waals surface area contributed by atoms with Gasteiger partial charge in [-0.15, -0.1) is 0 Å². The minimum Gasteiger partial charge on any atom is -0.379 e. The maximum Gasteiger partial charge on any atom is 0.0701 e. The van der Waals surface area contributed by atoms with Crippen LogP contribution < -0.4 is 11.5 Å². The van der Waals surface area contributed by atoms with Crippen LogP contribution in [0.1, 0.15) is 12.8 Å². The SMILES string of the molecule is NCCCOCCOCCOCCOCCOCCCN. The Kier molecular flexibility index (Phi) is 19.5. The largest absolute Gasteiger partial charge is 0.379 e. The Bertz CT molecular complexity index is 169. The Morgan fingerprint density at radius 2 is 0.619 bits per heavy atom. The van der Waals surface area contributed by atoms with Crippen LogP contribution in [0.15, 0.2) is 0 Å². The van der Waals surface area contributed by atoms with E-state index < -0.39 is 0 Å². The number of rotatable bonds is 18. The average molecular weight is 308 g/mol. The summed E-state index contributed by atoms with van der Waals surface area (Å²) >= 11 is 0. The van der Waals surface area contributed by atoms with E-state index in [1.165, 1.54) is 0 Å². The molecule has 0 saturated carbocycles. The Morgan fingerprint density at radius 1 is 0.381 bits per heavy atom. The summed E-state index contributed by atoms with van der Waals surface area (Å²) in [5, 5.41) is 0. The number of hydrogen-bond donors (Lipinski definition) is 2. The van der Waals surface area contributed by atoms with E-state index in [1.54, 1.807) is 0 Å². The van der Waals surface area contributed by atoms with Gasteiger partial charge in [-0.2, -0.15) is 0 Å². The quantitative estimate of drug-likeness (QED) is 0.337. The van der Waals surface area contributed by atoms with Crippen molar-refractivity contribution in [3.63, 3.8) is 0 Å². The second kappa shape index (κ2) is 19.7. The van der Waals surface area contributed by atoms with Gasteiger partial charge in [-0.3, -0.25) is 0 Å². The summed E-state index contributed by atoms with van der Waals surface area (Å²) in [7, 11) is 0. The van der Waals surface area contributed by atoms with Gasteiger partial charge in [0.25, 0.3) is 0 Å². The highest BCUT2D eigenvalue weighted by Gasteiger charge is 1.93. The first-order valence-corrected chi connectivity index (χ1v) is 7.70. The summed E-state index contributed by atoms with van der Waals surface area (Å²) in [5.41, 5.74) is 10.7. The molecule has 0 amide bonds. The van der Waals surface area contributed by atoms with Crippen molar-refractivity contribution < 1.29 is 23.7 Å². The molecule has 0 unspecified atom stereocenters. The number of nitrogens with two attached hydrogens (primary N) is 2. The molecule has 0 aliphatic heterocycles. The molecular formula is C14H32N2O5. The van der Waals surface area contributed by atoms with Gasteiger partial charge >= 0.3 is 0 Å². The van der Waals surface area contributed by atoms with Crippen molar-refractivity contribution >= 4 is 0 Å². The van der Waals surface area contributed by atoms with Crippen molar-refractivity contribution in [2.75, 3.05) is 79.2 Å². The minimum absolute atomic E-state index is 0.569. The highest BCUT2D eigenvalue weighted by atomic mass is 16.6. The lowest BCUT2D eigenvalue weighted by Crippen LogP contribution is -2.14. The fourth-order valence-electron chi connectivity index (χ4n) is 1.35. The van der Waals surface area contributed by atoms with Gasteiger partial charge in [0, 0.05) is 13.2 Å². The number of hydrogen-bond acceptors (Lipinski definition) is 7. The standard InChI is InChI=1S/C14H32N2O5/c15-3-1-5-17-7-9-19-11-13-21-14-12-20-10-8-18-6-2-4-16/h1-16H2. The van der Waals surface area contributed by atoms with Gasteiger partial charge in [-0.25, -0.2) is 0 Å². The van der Waals surface area contributed by atoms with E-state index >= 15 is 0 Å². The van der Waals surface area contributed by atoms with Crippen molar-refractivity contribution in [1.29, 1.82) is 0 Å². The fourth-order valence-corrected chi connectivity index (χ4v) is 1.35. The van der Waals surface area contributed by atoms with Crippen LogP contribution in [-0.4, -0.2) is 79.2 Å². The summed E-state index contributed by atoms with van der Waals surface area (Å²) in [4.78, 5) is 0. The third-order valence-electron chi connectivity index (χ3n) is 2.47. The lowest BCUT2D eigenvalue weighted by Gasteiger charge is -2.07. The van der Waals surface area contributed by atoms with Crippen molar-refractivity contribution in [1.82, 2.24) is 0 Å². The van der Waals surface area contributed by atoms with Gasteiger partial charge < -0.3 is 35.2 Å². The fraction of sp³-hybridized carbons (Fsp3) is 1.00. The van der Waals surface area contributed by atoms with E-state index in [9.17, 15) is 0 Å². The first-order chi connectivity index (χ1) is 10.4. The molecule has 0 aromatic rings. The van der Waals surface area contributed by atoms with Crippen LogP contribution in [0.4, 0.5) is 0 Å². The molecule has 0 spiro atoms. The van der Waals surface area contributed by atoms with Gasteiger partial charge in [-0.05, 0) is 25.9 Å². The van der Waals surface area contributed by atoms with Crippen LogP contribution >= 0.6 is 0 Å². The molecular weight excluding hydrogens is 276 g/mol. The Balaban J connectivity index is 2.90. The molecule has 21 heavy (non-hydrogen) atoms. The lowest BCUT2D eigenvalue weighted by molar-refractivity contribution is -0.0110. The Morgan fingerprint density at radius 3 is 0.857 bits per heavy atom. The molecule has 0 aromatic heterocycles. The first-order valence-electron chi connectivity index (χ1n) is 7.70. The molecule has 7 nitrogen and oxygen atoms in total. The van der Waals surface area contributed by atoms with E-state index in [2.05, 4.69) is 0 Å². The second-order valence-corrected chi connectivity index (χ2v) is 4.35. The zero-order chi connectivity index (χ0) is 15.4. The molecule has 0 bridgehead atoms. The van der Waals surface area contributed by atoms with Gasteiger partial charge in [0.15, 0.2) is 0 Å². The predicted molar refractivity (Wildman–Crippen MR) is 81.4 cm³/mol. The van der Waals surface area contributed by atoms with Crippen molar-refractivity contribution in [3.8, 4) is 0 Å². The molecule has 7 heteroatoms. The summed E-state index contributed by atoms with van der Waals surface area (Å²) < 4.78 is 26.6. The smallest absolute Gasteiger partial charge is 0.0701 e. The van der Waals surface area contributed by atoms with Crippen LogP contribution in [0.5, 0.6) is 0 Å². The zero-order valence-electron chi connectivity index (χ0n) is 13.1. The molecule has 0 rings (SSSR count). The molecule has 0 saturated heterocycles. The Hall–Kier alpha value is -0.280. The molecule has 4 N–H and O–H groups in total. The molecule has 0 aromatic carbocycles. The maximum atomic E-state index is 5.36. The third kappa shape index (κ3) is 19.7. The summed E-state index contributed by atoms with van der Waals surface area (Å²) in [6.45, 7) is 7.39. The number of ether oxygens (including phenoxy) is 5. The summed E-state index contributed by atoms with van der Waals surface area (Å²) in [6.07, 6.45) is 1.78. The molecule has 0 heterocycles. The highest BCUT2D eigenvalue weighted by Crippen LogP contribution is 1.85. The maximum absolute atomic E-state index is 5.36. The Labute approximate surface area is 128 Å². The molecule has 0 aliphatic carbocycles.